The Hall–Kier alpha value is -2.75. The van der Waals surface area contributed by atoms with E-state index >= 15 is 0 Å². The standard InChI is InChI=1S/C17H17N3O/c1-21-13-5-2-4-12(10-13)11-20-16-8-7-15(18)17-14(16)6-3-9-19-17/h2-10,20H,11,18H2,1H3. The van der Waals surface area contributed by atoms with E-state index in [4.69, 9.17) is 10.5 Å². The average Bonchev–Trinajstić information content (AvgIpc) is 2.55. The summed E-state index contributed by atoms with van der Waals surface area (Å²) in [4.78, 5) is 4.34. The Labute approximate surface area is 123 Å². The third-order valence-electron chi connectivity index (χ3n) is 3.42. The van der Waals surface area contributed by atoms with Crippen molar-refractivity contribution in [1.82, 2.24) is 4.98 Å². The number of hydrogen-bond acceptors (Lipinski definition) is 4. The van der Waals surface area contributed by atoms with E-state index in [1.54, 1.807) is 13.3 Å². The summed E-state index contributed by atoms with van der Waals surface area (Å²) in [6.07, 6.45) is 1.75. The van der Waals surface area contributed by atoms with Gasteiger partial charge in [-0.15, -0.1) is 0 Å². The van der Waals surface area contributed by atoms with Crippen LogP contribution in [0.1, 0.15) is 5.56 Å². The molecule has 1 aromatic heterocycles. The minimum Gasteiger partial charge on any atom is -0.497 e. The van der Waals surface area contributed by atoms with Gasteiger partial charge in [0.05, 0.1) is 18.3 Å². The molecule has 0 aliphatic heterocycles. The van der Waals surface area contributed by atoms with E-state index in [0.29, 0.717) is 12.2 Å². The maximum Gasteiger partial charge on any atom is 0.119 e. The molecule has 0 aliphatic rings. The van der Waals surface area contributed by atoms with Crippen LogP contribution in [-0.2, 0) is 6.54 Å². The highest BCUT2D eigenvalue weighted by atomic mass is 16.5. The molecule has 0 spiro atoms. The zero-order valence-electron chi connectivity index (χ0n) is 11.8. The first-order valence-corrected chi connectivity index (χ1v) is 6.78. The van der Waals surface area contributed by atoms with Crippen molar-refractivity contribution in [2.24, 2.45) is 0 Å². The summed E-state index contributed by atoms with van der Waals surface area (Å²) in [7, 11) is 1.67. The van der Waals surface area contributed by atoms with Gasteiger partial charge >= 0.3 is 0 Å². The molecule has 0 saturated carbocycles. The van der Waals surface area contributed by atoms with Crippen molar-refractivity contribution in [1.29, 1.82) is 0 Å². The van der Waals surface area contributed by atoms with Gasteiger partial charge in [-0.3, -0.25) is 4.98 Å². The number of ether oxygens (including phenoxy) is 1. The predicted molar refractivity (Wildman–Crippen MR) is 86.5 cm³/mol. The highest BCUT2D eigenvalue weighted by Gasteiger charge is 2.04. The van der Waals surface area contributed by atoms with Gasteiger partial charge in [-0.05, 0) is 42.0 Å². The smallest absolute Gasteiger partial charge is 0.119 e. The van der Waals surface area contributed by atoms with Crippen LogP contribution in [0.25, 0.3) is 10.9 Å². The van der Waals surface area contributed by atoms with Gasteiger partial charge in [-0.1, -0.05) is 12.1 Å². The van der Waals surface area contributed by atoms with E-state index in [1.807, 2.05) is 42.5 Å². The number of benzene rings is 2. The molecule has 0 fully saturated rings. The van der Waals surface area contributed by atoms with E-state index in [9.17, 15) is 0 Å². The molecule has 0 bridgehead atoms. The normalized spacial score (nSPS) is 10.5. The predicted octanol–water partition coefficient (Wildman–Crippen LogP) is 3.44. The lowest BCUT2D eigenvalue weighted by molar-refractivity contribution is 0.414. The van der Waals surface area contributed by atoms with E-state index < -0.39 is 0 Å². The Morgan fingerprint density at radius 3 is 2.90 bits per heavy atom. The minimum absolute atomic E-state index is 0.692. The van der Waals surface area contributed by atoms with Crippen LogP contribution in [0, 0.1) is 0 Å². The number of hydrogen-bond donors (Lipinski definition) is 2. The monoisotopic (exact) mass is 279 g/mol. The molecule has 0 amide bonds. The average molecular weight is 279 g/mol. The minimum atomic E-state index is 0.692. The van der Waals surface area contributed by atoms with E-state index in [0.717, 1.165) is 27.9 Å². The van der Waals surface area contributed by atoms with Gasteiger partial charge in [0.1, 0.15) is 5.75 Å². The summed E-state index contributed by atoms with van der Waals surface area (Å²) in [5.41, 5.74) is 9.66. The van der Waals surface area contributed by atoms with Crippen molar-refractivity contribution in [3.63, 3.8) is 0 Å². The summed E-state index contributed by atoms with van der Waals surface area (Å²) in [5, 5.41) is 4.46. The molecule has 4 heteroatoms. The van der Waals surface area contributed by atoms with Crippen molar-refractivity contribution in [3.8, 4) is 5.75 Å². The van der Waals surface area contributed by atoms with Crippen molar-refractivity contribution in [3.05, 3.63) is 60.3 Å². The topological polar surface area (TPSA) is 60.2 Å². The van der Waals surface area contributed by atoms with Crippen LogP contribution in [0.5, 0.6) is 5.75 Å². The molecule has 21 heavy (non-hydrogen) atoms. The van der Waals surface area contributed by atoms with Gasteiger partial charge < -0.3 is 15.8 Å². The van der Waals surface area contributed by atoms with Gasteiger partial charge in [0, 0.05) is 23.8 Å². The van der Waals surface area contributed by atoms with Crippen molar-refractivity contribution in [2.75, 3.05) is 18.2 Å². The largest absolute Gasteiger partial charge is 0.497 e. The molecular weight excluding hydrogens is 262 g/mol. The number of fused-ring (bicyclic) bond motifs is 1. The number of anilines is 2. The van der Waals surface area contributed by atoms with Crippen LogP contribution in [-0.4, -0.2) is 12.1 Å². The van der Waals surface area contributed by atoms with Gasteiger partial charge in [-0.2, -0.15) is 0 Å². The fourth-order valence-electron chi connectivity index (χ4n) is 2.33. The number of pyridine rings is 1. The third kappa shape index (κ3) is 2.74. The summed E-state index contributed by atoms with van der Waals surface area (Å²) < 4.78 is 5.24. The Kier molecular flexibility index (Phi) is 3.60. The SMILES string of the molecule is COc1cccc(CNc2ccc(N)c3ncccc23)c1. The van der Waals surface area contributed by atoms with Crippen LogP contribution in [0.4, 0.5) is 11.4 Å². The van der Waals surface area contributed by atoms with Crippen LogP contribution in [0.15, 0.2) is 54.7 Å². The quantitative estimate of drug-likeness (QED) is 0.718. The molecule has 2 aromatic carbocycles. The number of aromatic nitrogens is 1. The van der Waals surface area contributed by atoms with Crippen LogP contribution in [0.3, 0.4) is 0 Å². The van der Waals surface area contributed by atoms with E-state index in [2.05, 4.69) is 16.4 Å². The highest BCUT2D eigenvalue weighted by molar-refractivity contribution is 5.98. The molecule has 3 rings (SSSR count). The van der Waals surface area contributed by atoms with Crippen molar-refractivity contribution in [2.45, 2.75) is 6.54 Å². The zero-order chi connectivity index (χ0) is 14.7. The molecule has 0 atom stereocenters. The number of nitrogen functional groups attached to an aromatic ring is 1. The molecule has 3 aromatic rings. The fraction of sp³-hybridized carbons (Fsp3) is 0.118. The second-order valence-electron chi connectivity index (χ2n) is 4.81. The molecule has 106 valence electrons. The number of nitrogens with two attached hydrogens (primary N) is 1. The molecular formula is C17H17N3O. The highest BCUT2D eigenvalue weighted by Crippen LogP contribution is 2.27. The fourth-order valence-corrected chi connectivity index (χ4v) is 2.33. The number of nitrogens with zero attached hydrogens (tertiary/aromatic N) is 1. The number of rotatable bonds is 4. The first-order chi connectivity index (χ1) is 10.3. The van der Waals surface area contributed by atoms with E-state index in [-0.39, 0.29) is 0 Å². The Morgan fingerprint density at radius 1 is 1.14 bits per heavy atom. The second kappa shape index (κ2) is 5.71. The summed E-state index contributed by atoms with van der Waals surface area (Å²) in [6.45, 7) is 0.713. The maximum absolute atomic E-state index is 5.96. The maximum atomic E-state index is 5.96. The van der Waals surface area contributed by atoms with Crippen molar-refractivity contribution >= 4 is 22.3 Å². The molecule has 0 radical (unpaired) electrons. The van der Waals surface area contributed by atoms with Crippen molar-refractivity contribution < 1.29 is 4.74 Å². The first kappa shape index (κ1) is 13.2. The summed E-state index contributed by atoms with van der Waals surface area (Å²) in [5.74, 6) is 0.859. The lowest BCUT2D eigenvalue weighted by Gasteiger charge is -2.11. The first-order valence-electron chi connectivity index (χ1n) is 6.78. The third-order valence-corrected chi connectivity index (χ3v) is 3.42. The number of nitrogens with one attached hydrogen (secondary N) is 1. The molecule has 0 aliphatic carbocycles. The van der Waals surface area contributed by atoms with Gasteiger partial charge in [0.25, 0.3) is 0 Å². The molecule has 0 unspecified atom stereocenters. The zero-order valence-corrected chi connectivity index (χ0v) is 11.8. The van der Waals surface area contributed by atoms with Gasteiger partial charge in [0.2, 0.25) is 0 Å². The lowest BCUT2D eigenvalue weighted by Crippen LogP contribution is -2.01. The molecule has 1 heterocycles. The Bertz CT molecular complexity index is 771. The van der Waals surface area contributed by atoms with Gasteiger partial charge in [-0.25, -0.2) is 0 Å². The summed E-state index contributed by atoms with van der Waals surface area (Å²) >= 11 is 0. The second-order valence-corrected chi connectivity index (χ2v) is 4.81. The Balaban J connectivity index is 1.87. The van der Waals surface area contributed by atoms with E-state index in [1.165, 1.54) is 0 Å². The van der Waals surface area contributed by atoms with Crippen LogP contribution < -0.4 is 15.8 Å². The molecule has 0 saturated heterocycles. The Morgan fingerprint density at radius 2 is 2.05 bits per heavy atom. The molecule has 3 N–H and O–H groups in total. The molecule has 4 nitrogen and oxygen atoms in total. The number of methoxy groups -OCH3 is 1. The van der Waals surface area contributed by atoms with Crippen LogP contribution in [0.2, 0.25) is 0 Å². The van der Waals surface area contributed by atoms with Crippen LogP contribution >= 0.6 is 0 Å². The summed E-state index contributed by atoms with van der Waals surface area (Å²) in [6, 6.07) is 15.8. The lowest BCUT2D eigenvalue weighted by atomic mass is 10.1. The van der Waals surface area contributed by atoms with Gasteiger partial charge in [0.15, 0.2) is 0 Å².